The van der Waals surface area contributed by atoms with Gasteiger partial charge in [0, 0.05) is 0 Å². The van der Waals surface area contributed by atoms with Crippen LogP contribution in [-0.4, -0.2) is 36.9 Å². The average Bonchev–Trinajstić information content (AvgIpc) is 3.03. The number of likely N-dealkylation sites (tertiary alicyclic amines) is 1. The molecule has 2 heterocycles. The van der Waals surface area contributed by atoms with Gasteiger partial charge in [-0.1, -0.05) is 0 Å². The molecule has 4 aliphatic rings. The Labute approximate surface area is 118 Å². The topological polar surface area (TPSA) is 3.24 Å². The normalized spacial score (nSPS) is 49.0. The Hall–Kier alpha value is 0.479. The van der Waals surface area contributed by atoms with Gasteiger partial charge in [0.25, 0.3) is 0 Å². The second kappa shape index (κ2) is 5.11. The van der Waals surface area contributed by atoms with Crippen LogP contribution in [0, 0.1) is 11.8 Å². The van der Waals surface area contributed by atoms with Gasteiger partial charge in [0.2, 0.25) is 0 Å². The van der Waals surface area contributed by atoms with Crippen LogP contribution >= 0.6 is 0 Å². The van der Waals surface area contributed by atoms with Crippen molar-refractivity contribution < 1.29 is 0 Å². The third kappa shape index (κ3) is 1.91. The Morgan fingerprint density at radius 2 is 1.28 bits per heavy atom. The number of hydrogen-bond acceptors (Lipinski definition) is 1. The minimum absolute atomic E-state index is 0.953. The van der Waals surface area contributed by atoms with Crippen molar-refractivity contribution in [2.45, 2.75) is 86.6 Å². The first-order chi connectivity index (χ1) is 8.95. The van der Waals surface area contributed by atoms with Crippen LogP contribution in [0.5, 0.6) is 0 Å². The Bertz CT molecular complexity index is 277. The summed E-state index contributed by atoms with van der Waals surface area (Å²) in [5.74, 6) is 2.22. The van der Waals surface area contributed by atoms with Gasteiger partial charge in [0.15, 0.2) is 0 Å². The Morgan fingerprint density at radius 1 is 0.667 bits per heavy atom. The van der Waals surface area contributed by atoms with E-state index in [1.807, 2.05) is 0 Å². The van der Waals surface area contributed by atoms with Crippen molar-refractivity contribution >= 4 is 15.0 Å². The van der Waals surface area contributed by atoms with E-state index in [9.17, 15) is 0 Å². The van der Waals surface area contributed by atoms with Crippen LogP contribution in [-0.2, 0) is 0 Å². The second-order valence-corrected chi connectivity index (χ2v) is 9.64. The van der Waals surface area contributed by atoms with E-state index in [1.54, 1.807) is 37.4 Å². The maximum absolute atomic E-state index is 3.13. The van der Waals surface area contributed by atoms with Crippen molar-refractivity contribution in [3.63, 3.8) is 0 Å². The van der Waals surface area contributed by atoms with Gasteiger partial charge in [-0.15, -0.1) is 0 Å². The fourth-order valence-electron chi connectivity index (χ4n) is 5.49. The van der Waals surface area contributed by atoms with E-state index in [2.05, 4.69) is 4.90 Å². The Morgan fingerprint density at radius 3 is 1.83 bits per heavy atom. The van der Waals surface area contributed by atoms with Crippen molar-refractivity contribution in [2.24, 2.45) is 11.8 Å². The molecule has 2 saturated heterocycles. The van der Waals surface area contributed by atoms with Gasteiger partial charge in [0.05, 0.1) is 0 Å². The first-order valence-electron chi connectivity index (χ1n) is 8.34. The van der Waals surface area contributed by atoms with Crippen LogP contribution in [0.1, 0.15) is 64.2 Å². The third-order valence-corrected chi connectivity index (χ3v) is 9.03. The van der Waals surface area contributed by atoms with Gasteiger partial charge >= 0.3 is 118 Å². The molecule has 4 fully saturated rings. The molecule has 0 amide bonds. The predicted octanol–water partition coefficient (Wildman–Crippen LogP) is 3.66. The summed E-state index contributed by atoms with van der Waals surface area (Å²) < 4.78 is 0. The van der Waals surface area contributed by atoms with Gasteiger partial charge in [-0.05, 0) is 0 Å². The van der Waals surface area contributed by atoms with Crippen LogP contribution < -0.4 is 0 Å². The zero-order chi connectivity index (χ0) is 11.9. The molecule has 0 radical (unpaired) electrons. The fraction of sp³-hybridized carbons (Fsp3) is 1.00. The molecule has 4 rings (SSSR count). The maximum atomic E-state index is 3.13. The second-order valence-electron chi connectivity index (χ2n) is 6.95. The van der Waals surface area contributed by atoms with Gasteiger partial charge in [-0.2, -0.15) is 0 Å². The molecule has 5 atom stereocenters. The fourth-order valence-corrected chi connectivity index (χ4v) is 8.47. The first kappa shape index (κ1) is 12.2. The molecule has 0 N–H and O–H groups in total. The molecule has 102 valence electrons. The van der Waals surface area contributed by atoms with E-state index in [0.717, 1.165) is 43.8 Å². The summed E-state index contributed by atoms with van der Waals surface area (Å²) >= 11 is 0.953. The summed E-state index contributed by atoms with van der Waals surface area (Å²) in [4.78, 5) is 4.18. The first-order valence-corrected chi connectivity index (χ1v) is 10.5. The van der Waals surface area contributed by atoms with E-state index in [1.165, 1.54) is 32.1 Å². The molecule has 0 aromatic carbocycles. The Kier molecular flexibility index (Phi) is 3.47. The molecule has 2 aliphatic carbocycles. The van der Waals surface area contributed by atoms with E-state index in [0.29, 0.717) is 0 Å². The molecule has 0 spiro atoms. The van der Waals surface area contributed by atoms with Crippen LogP contribution in [0.25, 0.3) is 0 Å². The quantitative estimate of drug-likeness (QED) is 0.668. The van der Waals surface area contributed by atoms with E-state index in [4.69, 9.17) is 0 Å². The summed E-state index contributed by atoms with van der Waals surface area (Å²) in [6, 6.07) is 2.05. The van der Waals surface area contributed by atoms with Crippen LogP contribution in [0.3, 0.4) is 0 Å². The zero-order valence-electron chi connectivity index (χ0n) is 11.5. The molecule has 0 bridgehead atoms. The molecule has 1 nitrogen and oxygen atoms in total. The molecule has 2 aliphatic heterocycles. The minimum atomic E-state index is 0.953. The average molecular weight is 312 g/mol. The van der Waals surface area contributed by atoms with Crippen LogP contribution in [0.15, 0.2) is 0 Å². The molecule has 2 saturated carbocycles. The number of nitrogens with zero attached hydrogens (tertiary/aromatic N) is 1. The van der Waals surface area contributed by atoms with Gasteiger partial charge < -0.3 is 0 Å². The summed E-state index contributed by atoms with van der Waals surface area (Å²) in [5, 5.41) is 1.57. The number of fused-ring (bicyclic) bond motifs is 3. The van der Waals surface area contributed by atoms with Crippen LogP contribution in [0.4, 0.5) is 0 Å². The zero-order valence-corrected chi connectivity index (χ0v) is 13.2. The SMILES string of the molecule is C1CCC2C(C1)C1CCCCC1N2C1CCC[Se]1. The van der Waals surface area contributed by atoms with Gasteiger partial charge in [-0.25, -0.2) is 0 Å². The third-order valence-electron chi connectivity index (χ3n) is 6.12. The molecular formula is C16H27NSe. The van der Waals surface area contributed by atoms with Crippen molar-refractivity contribution in [2.75, 3.05) is 0 Å². The summed E-state index contributed by atoms with van der Waals surface area (Å²) in [6.45, 7) is 0. The number of rotatable bonds is 1. The van der Waals surface area contributed by atoms with Gasteiger partial charge in [0.1, 0.15) is 0 Å². The standard InChI is InChI=1S/C16H27NSe/c1-3-8-14-12(6-1)13-7-2-4-9-15(13)17(14)16-10-5-11-18-16/h12-16H,1-11H2. The van der Waals surface area contributed by atoms with E-state index in [-0.39, 0.29) is 0 Å². The monoisotopic (exact) mass is 313 g/mol. The molecule has 18 heavy (non-hydrogen) atoms. The predicted molar refractivity (Wildman–Crippen MR) is 76.9 cm³/mol. The van der Waals surface area contributed by atoms with E-state index >= 15 is 0 Å². The number of hydrogen-bond donors (Lipinski definition) is 0. The summed E-state index contributed by atoms with van der Waals surface area (Å²) in [5.41, 5.74) is 0. The van der Waals surface area contributed by atoms with E-state index < -0.39 is 0 Å². The molecule has 0 aromatic heterocycles. The molecule has 2 heteroatoms. The molecule has 5 unspecified atom stereocenters. The van der Waals surface area contributed by atoms with Crippen molar-refractivity contribution in [3.8, 4) is 0 Å². The van der Waals surface area contributed by atoms with Crippen molar-refractivity contribution in [1.29, 1.82) is 0 Å². The van der Waals surface area contributed by atoms with Crippen LogP contribution in [0.2, 0.25) is 5.32 Å². The molecule has 0 aromatic rings. The summed E-state index contributed by atoms with van der Waals surface area (Å²) in [7, 11) is 0. The van der Waals surface area contributed by atoms with Gasteiger partial charge in [-0.3, -0.25) is 0 Å². The Balaban J connectivity index is 1.61. The molecular weight excluding hydrogens is 285 g/mol. The van der Waals surface area contributed by atoms with Crippen molar-refractivity contribution in [3.05, 3.63) is 0 Å². The van der Waals surface area contributed by atoms with Crippen molar-refractivity contribution in [1.82, 2.24) is 4.90 Å². The summed E-state index contributed by atoms with van der Waals surface area (Å²) in [6.07, 6.45) is 15.4.